The molecule has 1 saturated carbocycles. The molecule has 0 amide bonds. The van der Waals surface area contributed by atoms with Crippen molar-refractivity contribution in [2.45, 2.75) is 51.4 Å². The molecule has 0 aliphatic heterocycles. The van der Waals surface area contributed by atoms with Crippen LogP contribution in [0.25, 0.3) is 21.9 Å². The van der Waals surface area contributed by atoms with Gasteiger partial charge in [-0.3, -0.25) is 0 Å². The molecule has 4 rings (SSSR count). The summed E-state index contributed by atoms with van der Waals surface area (Å²) in [5.41, 5.74) is 9.57. The number of benzene rings is 1. The van der Waals surface area contributed by atoms with E-state index in [1.54, 1.807) is 0 Å². The van der Waals surface area contributed by atoms with Gasteiger partial charge < -0.3 is 14.6 Å². The number of hydrogen-bond donors (Lipinski definition) is 1. The Kier molecular flexibility index (Phi) is 3.08. The Morgan fingerprint density at radius 2 is 1.73 bits per heavy atom. The fourth-order valence-electron chi connectivity index (χ4n) is 4.25. The first kappa shape index (κ1) is 13.9. The molecule has 2 aromatic heterocycles. The van der Waals surface area contributed by atoms with Crippen molar-refractivity contribution in [1.29, 1.82) is 0 Å². The highest BCUT2D eigenvalue weighted by Crippen LogP contribution is 2.46. The van der Waals surface area contributed by atoms with E-state index in [-0.39, 0.29) is 5.41 Å². The summed E-state index contributed by atoms with van der Waals surface area (Å²) in [5, 5.41) is 2.32. The molecule has 3 aromatic rings. The fraction of sp³-hybridized carbons (Fsp3) is 0.474. The van der Waals surface area contributed by atoms with E-state index in [9.17, 15) is 0 Å². The molecule has 1 aliphatic carbocycles. The number of fused-ring (bicyclic) bond motifs is 2. The van der Waals surface area contributed by atoms with E-state index in [2.05, 4.69) is 18.2 Å². The van der Waals surface area contributed by atoms with Gasteiger partial charge in [-0.05, 0) is 44.9 Å². The third kappa shape index (κ3) is 1.92. The Hall–Kier alpha value is -1.74. The highest BCUT2D eigenvalue weighted by molar-refractivity contribution is 5.99. The van der Waals surface area contributed by atoms with Gasteiger partial charge in [-0.15, -0.1) is 0 Å². The summed E-state index contributed by atoms with van der Waals surface area (Å²) >= 11 is 0. The van der Waals surface area contributed by atoms with Crippen molar-refractivity contribution in [2.24, 2.45) is 5.73 Å². The summed E-state index contributed by atoms with van der Waals surface area (Å²) in [4.78, 5) is 0. The van der Waals surface area contributed by atoms with E-state index in [1.165, 1.54) is 30.2 Å². The number of hydrogen-bond acceptors (Lipinski definition) is 3. The Morgan fingerprint density at radius 1 is 1.00 bits per heavy atom. The largest absolute Gasteiger partial charge is 0.461 e. The minimum absolute atomic E-state index is 0.0244. The van der Waals surface area contributed by atoms with Gasteiger partial charge in [0.05, 0.1) is 0 Å². The second-order valence-corrected chi connectivity index (χ2v) is 6.84. The molecule has 0 saturated heterocycles. The van der Waals surface area contributed by atoms with E-state index in [1.807, 2.05) is 13.8 Å². The van der Waals surface area contributed by atoms with Crippen LogP contribution in [-0.4, -0.2) is 6.54 Å². The summed E-state index contributed by atoms with van der Waals surface area (Å²) in [5.74, 6) is 1.90. The summed E-state index contributed by atoms with van der Waals surface area (Å²) in [6.07, 6.45) is 6.07. The van der Waals surface area contributed by atoms with E-state index in [4.69, 9.17) is 14.6 Å². The minimum Gasteiger partial charge on any atom is -0.461 e. The number of rotatable bonds is 2. The Bertz CT molecular complexity index is 779. The predicted octanol–water partition coefficient (Wildman–Crippen LogP) is 4.96. The van der Waals surface area contributed by atoms with Gasteiger partial charge in [-0.1, -0.05) is 19.3 Å². The van der Waals surface area contributed by atoms with E-state index in [0.717, 1.165) is 40.9 Å². The summed E-state index contributed by atoms with van der Waals surface area (Å²) < 4.78 is 12.0. The van der Waals surface area contributed by atoms with Crippen molar-refractivity contribution in [3.05, 3.63) is 35.3 Å². The van der Waals surface area contributed by atoms with E-state index in [0.29, 0.717) is 6.54 Å². The quantitative estimate of drug-likeness (QED) is 0.727. The normalized spacial score (nSPS) is 18.3. The Morgan fingerprint density at radius 3 is 2.45 bits per heavy atom. The van der Waals surface area contributed by atoms with Gasteiger partial charge >= 0.3 is 0 Å². The van der Waals surface area contributed by atoms with Crippen molar-refractivity contribution in [1.82, 2.24) is 0 Å². The molecule has 3 heteroatoms. The zero-order valence-electron chi connectivity index (χ0n) is 13.4. The molecule has 1 aromatic carbocycles. The molecule has 116 valence electrons. The molecular weight excluding hydrogens is 274 g/mol. The zero-order valence-corrected chi connectivity index (χ0v) is 13.4. The van der Waals surface area contributed by atoms with Crippen LogP contribution in [0.3, 0.4) is 0 Å². The molecule has 22 heavy (non-hydrogen) atoms. The molecule has 1 aliphatic rings. The molecule has 0 spiro atoms. The molecule has 0 radical (unpaired) electrons. The van der Waals surface area contributed by atoms with Crippen LogP contribution in [0.4, 0.5) is 0 Å². The number of furan rings is 2. The number of nitrogens with two attached hydrogens (primary N) is 1. The first-order chi connectivity index (χ1) is 10.6. The topological polar surface area (TPSA) is 52.3 Å². The van der Waals surface area contributed by atoms with Gasteiger partial charge in [0.25, 0.3) is 0 Å². The SMILES string of the molecule is Cc1cc2c(C3(CN)CCCCC3)c3oc(C)cc3cc2o1. The lowest BCUT2D eigenvalue weighted by molar-refractivity contribution is 0.302. The first-order valence-corrected chi connectivity index (χ1v) is 8.27. The van der Waals surface area contributed by atoms with Gasteiger partial charge in [0.2, 0.25) is 0 Å². The zero-order chi connectivity index (χ0) is 15.3. The summed E-state index contributed by atoms with van der Waals surface area (Å²) in [6, 6.07) is 6.35. The third-order valence-corrected chi connectivity index (χ3v) is 5.28. The molecule has 2 heterocycles. The lowest BCUT2D eigenvalue weighted by atomic mass is 9.68. The fourth-order valence-corrected chi connectivity index (χ4v) is 4.25. The Labute approximate surface area is 130 Å². The van der Waals surface area contributed by atoms with Gasteiger partial charge in [0.1, 0.15) is 22.7 Å². The molecule has 3 nitrogen and oxygen atoms in total. The van der Waals surface area contributed by atoms with Gasteiger partial charge in [0, 0.05) is 28.3 Å². The smallest absolute Gasteiger partial charge is 0.138 e. The van der Waals surface area contributed by atoms with E-state index >= 15 is 0 Å². The highest BCUT2D eigenvalue weighted by Gasteiger charge is 2.37. The van der Waals surface area contributed by atoms with Crippen molar-refractivity contribution in [2.75, 3.05) is 6.54 Å². The van der Waals surface area contributed by atoms with E-state index < -0.39 is 0 Å². The molecule has 0 atom stereocenters. The summed E-state index contributed by atoms with van der Waals surface area (Å²) in [6.45, 7) is 4.69. The standard InChI is InChI=1S/C19H23NO2/c1-12-8-14-10-16-15(9-13(2)21-16)17(18(14)22-12)19(11-20)6-4-3-5-7-19/h8-10H,3-7,11,20H2,1-2H3. The van der Waals surface area contributed by atoms with Crippen LogP contribution in [-0.2, 0) is 5.41 Å². The van der Waals surface area contributed by atoms with Crippen molar-refractivity contribution >= 4 is 21.9 Å². The van der Waals surface area contributed by atoms with Gasteiger partial charge in [-0.2, -0.15) is 0 Å². The predicted molar refractivity (Wildman–Crippen MR) is 89.3 cm³/mol. The van der Waals surface area contributed by atoms with Crippen LogP contribution >= 0.6 is 0 Å². The maximum atomic E-state index is 6.29. The molecule has 1 fully saturated rings. The van der Waals surface area contributed by atoms with Gasteiger partial charge in [0.15, 0.2) is 0 Å². The lowest BCUT2D eigenvalue weighted by Gasteiger charge is -2.37. The lowest BCUT2D eigenvalue weighted by Crippen LogP contribution is -2.37. The van der Waals surface area contributed by atoms with Crippen LogP contribution in [0.15, 0.2) is 27.0 Å². The second kappa shape index (κ2) is 4.88. The number of aryl methyl sites for hydroxylation is 2. The van der Waals surface area contributed by atoms with Crippen LogP contribution in [0.5, 0.6) is 0 Å². The monoisotopic (exact) mass is 297 g/mol. The van der Waals surface area contributed by atoms with Crippen molar-refractivity contribution in [3.8, 4) is 0 Å². The van der Waals surface area contributed by atoms with Crippen LogP contribution < -0.4 is 5.73 Å². The third-order valence-electron chi connectivity index (χ3n) is 5.28. The summed E-state index contributed by atoms with van der Waals surface area (Å²) in [7, 11) is 0. The Balaban J connectivity index is 2.10. The van der Waals surface area contributed by atoms with Crippen molar-refractivity contribution in [3.63, 3.8) is 0 Å². The molecule has 2 N–H and O–H groups in total. The maximum Gasteiger partial charge on any atom is 0.138 e. The van der Waals surface area contributed by atoms with Crippen LogP contribution in [0.2, 0.25) is 0 Å². The maximum absolute atomic E-state index is 6.29. The van der Waals surface area contributed by atoms with Crippen LogP contribution in [0.1, 0.15) is 49.2 Å². The average Bonchev–Trinajstić information content (AvgIpc) is 3.05. The second-order valence-electron chi connectivity index (χ2n) is 6.84. The van der Waals surface area contributed by atoms with Gasteiger partial charge in [-0.25, -0.2) is 0 Å². The average molecular weight is 297 g/mol. The van der Waals surface area contributed by atoms with Crippen LogP contribution in [0, 0.1) is 13.8 Å². The molecular formula is C19H23NO2. The minimum atomic E-state index is 0.0244. The first-order valence-electron chi connectivity index (χ1n) is 8.27. The highest BCUT2D eigenvalue weighted by atomic mass is 16.3. The molecule has 0 bridgehead atoms. The van der Waals surface area contributed by atoms with Crippen molar-refractivity contribution < 1.29 is 8.83 Å². The molecule has 0 unspecified atom stereocenters.